The molecule has 0 spiro atoms. The first kappa shape index (κ1) is 18.3. The maximum atomic E-state index is 12.0. The predicted molar refractivity (Wildman–Crippen MR) is 95.1 cm³/mol. The fraction of sp³-hybridized carbons (Fsp3) is 0.278. The number of carbonyl (C=O) groups is 3. The van der Waals surface area contributed by atoms with E-state index in [9.17, 15) is 14.4 Å². The lowest BCUT2D eigenvalue weighted by Crippen LogP contribution is -2.32. The van der Waals surface area contributed by atoms with Crippen molar-refractivity contribution in [1.29, 1.82) is 0 Å². The normalized spacial score (nSPS) is 13.7. The summed E-state index contributed by atoms with van der Waals surface area (Å²) in [6.45, 7) is 1.10. The lowest BCUT2D eigenvalue weighted by atomic mass is 10.0. The van der Waals surface area contributed by atoms with E-state index < -0.39 is 18.0 Å². The van der Waals surface area contributed by atoms with Gasteiger partial charge in [-0.3, -0.25) is 14.9 Å². The Kier molecular flexibility index (Phi) is 5.60. The van der Waals surface area contributed by atoms with Crippen molar-refractivity contribution in [2.24, 2.45) is 0 Å². The molecule has 1 unspecified atom stereocenters. The van der Waals surface area contributed by atoms with E-state index in [1.807, 2.05) is 0 Å². The molecule has 2 aromatic rings. The molecule has 0 bridgehead atoms. The Morgan fingerprint density at radius 3 is 2.81 bits per heavy atom. The van der Waals surface area contributed by atoms with Gasteiger partial charge in [0.2, 0.25) is 11.9 Å². The highest BCUT2D eigenvalue weighted by atomic mass is 16.6. The Morgan fingerprint density at radius 1 is 1.26 bits per heavy atom. The number of anilines is 2. The molecule has 140 valence electrons. The number of carbonyl (C=O) groups excluding carboxylic acids is 3. The Labute approximate surface area is 155 Å². The van der Waals surface area contributed by atoms with Gasteiger partial charge in [0.05, 0.1) is 0 Å². The Bertz CT molecular complexity index is 856. The third kappa shape index (κ3) is 5.00. The summed E-state index contributed by atoms with van der Waals surface area (Å²) >= 11 is 0. The van der Waals surface area contributed by atoms with Crippen LogP contribution in [0, 0.1) is 0 Å². The number of aromatic nitrogens is 2. The molecule has 0 saturated carbocycles. The number of amides is 2. The minimum Gasteiger partial charge on any atom is -0.482 e. The molecule has 1 aromatic carbocycles. The fourth-order valence-corrected chi connectivity index (χ4v) is 2.45. The van der Waals surface area contributed by atoms with E-state index in [-0.39, 0.29) is 18.5 Å². The van der Waals surface area contributed by atoms with Crippen LogP contribution in [0.1, 0.15) is 18.9 Å². The molecule has 0 radical (unpaired) electrons. The molecule has 9 nitrogen and oxygen atoms in total. The summed E-state index contributed by atoms with van der Waals surface area (Å²) in [5.74, 6) is -0.635. The maximum Gasteiger partial charge on any atom is 0.344 e. The van der Waals surface area contributed by atoms with Crippen molar-refractivity contribution >= 4 is 29.4 Å². The highest BCUT2D eigenvalue weighted by Crippen LogP contribution is 2.26. The average molecular weight is 370 g/mol. The second kappa shape index (κ2) is 8.26. The van der Waals surface area contributed by atoms with E-state index in [2.05, 4.69) is 20.6 Å². The topological polar surface area (TPSA) is 120 Å². The average Bonchev–Trinajstić information content (AvgIpc) is 2.67. The van der Waals surface area contributed by atoms with Crippen molar-refractivity contribution in [2.75, 3.05) is 17.2 Å². The van der Waals surface area contributed by atoms with Gasteiger partial charge in [-0.25, -0.2) is 14.8 Å². The fourth-order valence-electron chi connectivity index (χ4n) is 2.45. The van der Waals surface area contributed by atoms with Crippen LogP contribution in [0.5, 0.6) is 5.75 Å². The summed E-state index contributed by atoms with van der Waals surface area (Å²) in [5.41, 5.74) is 1.69. The molecule has 2 N–H and O–H groups in total. The molecule has 2 amide bonds. The van der Waals surface area contributed by atoms with E-state index >= 15 is 0 Å². The Morgan fingerprint density at radius 2 is 2.04 bits per heavy atom. The van der Waals surface area contributed by atoms with Crippen LogP contribution in [-0.4, -0.2) is 40.5 Å². The van der Waals surface area contributed by atoms with Crippen LogP contribution in [0.4, 0.5) is 11.6 Å². The first-order valence-corrected chi connectivity index (χ1v) is 8.34. The number of aryl methyl sites for hydroxylation is 1. The zero-order chi connectivity index (χ0) is 19.2. The van der Waals surface area contributed by atoms with Crippen LogP contribution in [0.2, 0.25) is 0 Å². The maximum absolute atomic E-state index is 12.0. The van der Waals surface area contributed by atoms with Gasteiger partial charge in [0.15, 0.2) is 12.7 Å². The monoisotopic (exact) mass is 370 g/mol. The number of rotatable bonds is 6. The van der Waals surface area contributed by atoms with E-state index in [1.54, 1.807) is 24.3 Å². The van der Waals surface area contributed by atoms with Gasteiger partial charge >= 0.3 is 5.97 Å². The van der Waals surface area contributed by atoms with Gasteiger partial charge in [-0.15, -0.1) is 0 Å². The molecule has 9 heteroatoms. The highest BCUT2D eigenvalue weighted by Gasteiger charge is 2.20. The van der Waals surface area contributed by atoms with Crippen molar-refractivity contribution in [1.82, 2.24) is 9.97 Å². The number of esters is 1. The van der Waals surface area contributed by atoms with Crippen molar-refractivity contribution in [3.63, 3.8) is 0 Å². The second-order valence-electron chi connectivity index (χ2n) is 5.85. The minimum absolute atomic E-state index is 0.0205. The quantitative estimate of drug-likeness (QED) is 0.736. The van der Waals surface area contributed by atoms with Gasteiger partial charge in [0, 0.05) is 24.5 Å². The third-order valence-corrected chi connectivity index (χ3v) is 3.81. The molecule has 1 aromatic heterocycles. The number of hydrogen-bond acceptors (Lipinski definition) is 7. The highest BCUT2D eigenvalue weighted by molar-refractivity contribution is 5.94. The van der Waals surface area contributed by atoms with Gasteiger partial charge < -0.3 is 14.8 Å². The molecule has 2 heterocycles. The molecule has 27 heavy (non-hydrogen) atoms. The minimum atomic E-state index is -1.02. The van der Waals surface area contributed by atoms with Crippen LogP contribution in [-0.2, 0) is 25.5 Å². The first-order valence-electron chi connectivity index (χ1n) is 8.34. The van der Waals surface area contributed by atoms with E-state index in [0.29, 0.717) is 18.6 Å². The van der Waals surface area contributed by atoms with Crippen molar-refractivity contribution in [3.8, 4) is 5.75 Å². The number of hydrogen-bond donors (Lipinski definition) is 2. The molecular formula is C18H18N4O5. The predicted octanol–water partition coefficient (Wildman–Crippen LogP) is 1.31. The molecule has 0 saturated heterocycles. The van der Waals surface area contributed by atoms with Crippen molar-refractivity contribution in [3.05, 3.63) is 42.2 Å². The zero-order valence-electron chi connectivity index (χ0n) is 14.6. The summed E-state index contributed by atoms with van der Waals surface area (Å²) in [6, 6.07) is 6.76. The lowest BCUT2D eigenvalue weighted by Gasteiger charge is -2.18. The molecule has 0 fully saturated rings. The van der Waals surface area contributed by atoms with Gasteiger partial charge in [0.1, 0.15) is 5.75 Å². The third-order valence-electron chi connectivity index (χ3n) is 3.81. The number of benzene rings is 1. The summed E-state index contributed by atoms with van der Waals surface area (Å²) in [5, 5.41) is 5.21. The largest absolute Gasteiger partial charge is 0.482 e. The van der Waals surface area contributed by atoms with Gasteiger partial charge in [-0.05, 0) is 43.2 Å². The van der Waals surface area contributed by atoms with Crippen LogP contribution < -0.4 is 15.4 Å². The van der Waals surface area contributed by atoms with Crippen LogP contribution in [0.3, 0.4) is 0 Å². The van der Waals surface area contributed by atoms with Crippen LogP contribution in [0.15, 0.2) is 36.7 Å². The van der Waals surface area contributed by atoms with Gasteiger partial charge in [-0.1, -0.05) is 0 Å². The van der Waals surface area contributed by atoms with Gasteiger partial charge in [0.25, 0.3) is 5.91 Å². The number of ether oxygens (including phenoxy) is 2. The van der Waals surface area contributed by atoms with E-state index in [4.69, 9.17) is 9.47 Å². The first-order chi connectivity index (χ1) is 13.0. The number of fused-ring (bicyclic) bond motifs is 1. The van der Waals surface area contributed by atoms with E-state index in [0.717, 1.165) is 11.3 Å². The van der Waals surface area contributed by atoms with Crippen LogP contribution in [0.25, 0.3) is 0 Å². The molecule has 3 rings (SSSR count). The van der Waals surface area contributed by atoms with Gasteiger partial charge in [-0.2, -0.15) is 0 Å². The zero-order valence-corrected chi connectivity index (χ0v) is 14.6. The molecular weight excluding hydrogens is 352 g/mol. The Balaban J connectivity index is 1.48. The van der Waals surface area contributed by atoms with E-state index in [1.165, 1.54) is 19.3 Å². The molecule has 1 atom stereocenters. The summed E-state index contributed by atoms with van der Waals surface area (Å²) in [7, 11) is 0. The summed E-state index contributed by atoms with van der Waals surface area (Å²) in [6.07, 6.45) is 2.97. The second-order valence-corrected chi connectivity index (χ2v) is 5.85. The summed E-state index contributed by atoms with van der Waals surface area (Å²) < 4.78 is 10.5. The van der Waals surface area contributed by atoms with Crippen molar-refractivity contribution < 1.29 is 23.9 Å². The van der Waals surface area contributed by atoms with Crippen molar-refractivity contribution in [2.45, 2.75) is 25.9 Å². The molecule has 0 aliphatic carbocycles. The summed E-state index contributed by atoms with van der Waals surface area (Å²) in [4.78, 5) is 42.9. The SMILES string of the molecule is CC(OC(=O)COc1ccc2c(c1)CCC(=O)N2)C(=O)Nc1ncccn1. The Hall–Kier alpha value is -3.49. The molecule has 1 aliphatic heterocycles. The lowest BCUT2D eigenvalue weighted by molar-refractivity contribution is -0.155. The smallest absolute Gasteiger partial charge is 0.344 e. The number of nitrogens with one attached hydrogen (secondary N) is 2. The molecule has 1 aliphatic rings. The number of nitrogens with zero attached hydrogens (tertiary/aromatic N) is 2. The van der Waals surface area contributed by atoms with Crippen LogP contribution >= 0.6 is 0 Å². The standard InChI is InChI=1S/C18H18N4O5/c1-11(17(25)22-18-19-7-2-8-20-18)27-16(24)10-26-13-4-5-14-12(9-13)3-6-15(23)21-14/h2,4-5,7-9,11H,3,6,10H2,1H3,(H,21,23)(H,19,20,22,25).